The Kier molecular flexibility index (Phi) is 4.47. The largest absolute Gasteiger partial charge is 0.439 e. The fourth-order valence-corrected chi connectivity index (χ4v) is 2.06. The summed E-state index contributed by atoms with van der Waals surface area (Å²) in [5.74, 6) is -1.92. The Morgan fingerprint density at radius 3 is 2.38 bits per heavy atom. The Balaban J connectivity index is 1.78. The van der Waals surface area contributed by atoms with E-state index in [-0.39, 0.29) is 5.88 Å². The van der Waals surface area contributed by atoms with Crippen molar-refractivity contribution in [3.63, 3.8) is 0 Å². The van der Waals surface area contributed by atoms with Crippen molar-refractivity contribution in [3.05, 3.63) is 84.1 Å². The Labute approximate surface area is 136 Å². The molecule has 3 rings (SSSR count). The zero-order valence-corrected chi connectivity index (χ0v) is 12.4. The number of rotatable bonds is 4. The Bertz CT molecular complexity index is 850. The number of anilines is 1. The number of nitrogens with one attached hydrogen (secondary N) is 1. The number of nitrogens with zero attached hydrogens (tertiary/aromatic N) is 1. The third kappa shape index (κ3) is 3.55. The summed E-state index contributed by atoms with van der Waals surface area (Å²) in [6.07, 6.45) is 1.42. The highest BCUT2D eigenvalue weighted by molar-refractivity contribution is 6.04. The molecule has 1 amide bonds. The minimum absolute atomic E-state index is 0.244. The van der Waals surface area contributed by atoms with Crippen molar-refractivity contribution in [2.75, 3.05) is 5.32 Å². The highest BCUT2D eigenvalue weighted by Crippen LogP contribution is 2.22. The standard InChI is InChI=1S/C18H12F2N2O2/c19-14-7-4-8-15(20)17(14)18(23)22-12-9-10-21-16(11-12)24-13-5-2-1-3-6-13/h1-11H,(H,21,22,23). The van der Waals surface area contributed by atoms with Crippen molar-refractivity contribution < 1.29 is 18.3 Å². The summed E-state index contributed by atoms with van der Waals surface area (Å²) in [5, 5.41) is 2.43. The Morgan fingerprint density at radius 2 is 1.67 bits per heavy atom. The van der Waals surface area contributed by atoms with Gasteiger partial charge in [-0.1, -0.05) is 24.3 Å². The first-order chi connectivity index (χ1) is 11.6. The molecule has 0 unspecified atom stereocenters. The molecule has 0 radical (unpaired) electrons. The summed E-state index contributed by atoms with van der Waals surface area (Å²) in [6, 6.07) is 15.2. The molecule has 1 N–H and O–H groups in total. The lowest BCUT2D eigenvalue weighted by atomic mass is 10.2. The van der Waals surface area contributed by atoms with Crippen LogP contribution in [0.4, 0.5) is 14.5 Å². The maximum Gasteiger partial charge on any atom is 0.261 e. The van der Waals surface area contributed by atoms with Gasteiger partial charge in [-0.2, -0.15) is 0 Å². The van der Waals surface area contributed by atoms with E-state index in [2.05, 4.69) is 10.3 Å². The summed E-state index contributed by atoms with van der Waals surface area (Å²) >= 11 is 0. The molecule has 120 valence electrons. The average molecular weight is 326 g/mol. The maximum atomic E-state index is 13.6. The fraction of sp³-hybridized carbons (Fsp3) is 0. The minimum atomic E-state index is -0.928. The first-order valence-corrected chi connectivity index (χ1v) is 7.08. The number of benzene rings is 2. The van der Waals surface area contributed by atoms with Crippen LogP contribution in [0.1, 0.15) is 10.4 Å². The van der Waals surface area contributed by atoms with E-state index >= 15 is 0 Å². The summed E-state index contributed by atoms with van der Waals surface area (Å²) in [7, 11) is 0. The van der Waals surface area contributed by atoms with Gasteiger partial charge in [-0.3, -0.25) is 4.79 Å². The third-order valence-corrected chi connectivity index (χ3v) is 3.15. The van der Waals surface area contributed by atoms with Gasteiger partial charge in [0, 0.05) is 18.0 Å². The van der Waals surface area contributed by atoms with E-state index in [0.29, 0.717) is 11.4 Å². The molecule has 0 bridgehead atoms. The number of hydrogen-bond donors (Lipinski definition) is 1. The van der Waals surface area contributed by atoms with Crippen molar-refractivity contribution in [1.82, 2.24) is 4.98 Å². The molecule has 4 nitrogen and oxygen atoms in total. The second-order valence-electron chi connectivity index (χ2n) is 4.85. The van der Waals surface area contributed by atoms with Crippen LogP contribution in [0, 0.1) is 11.6 Å². The molecule has 6 heteroatoms. The van der Waals surface area contributed by atoms with Crippen LogP contribution >= 0.6 is 0 Å². The van der Waals surface area contributed by atoms with Crippen LogP contribution in [0.5, 0.6) is 11.6 Å². The van der Waals surface area contributed by atoms with Crippen molar-refractivity contribution in [1.29, 1.82) is 0 Å². The van der Waals surface area contributed by atoms with Gasteiger partial charge in [0.2, 0.25) is 5.88 Å². The summed E-state index contributed by atoms with van der Waals surface area (Å²) in [6.45, 7) is 0. The average Bonchev–Trinajstić information content (AvgIpc) is 2.56. The van der Waals surface area contributed by atoms with Gasteiger partial charge < -0.3 is 10.1 Å². The van der Waals surface area contributed by atoms with Gasteiger partial charge in [-0.15, -0.1) is 0 Å². The van der Waals surface area contributed by atoms with Gasteiger partial charge in [0.25, 0.3) is 5.91 Å². The maximum absolute atomic E-state index is 13.6. The number of carbonyl (C=O) groups excluding carboxylic acids is 1. The molecule has 0 aliphatic heterocycles. The lowest BCUT2D eigenvalue weighted by molar-refractivity contribution is 0.101. The second kappa shape index (κ2) is 6.87. The van der Waals surface area contributed by atoms with Gasteiger partial charge in [-0.25, -0.2) is 13.8 Å². The molecule has 1 heterocycles. The normalized spacial score (nSPS) is 10.2. The molecule has 0 aliphatic rings. The summed E-state index contributed by atoms with van der Waals surface area (Å²) < 4.78 is 32.8. The molecule has 0 saturated carbocycles. The van der Waals surface area contributed by atoms with E-state index in [1.807, 2.05) is 18.2 Å². The highest BCUT2D eigenvalue weighted by atomic mass is 19.1. The number of ether oxygens (including phenoxy) is 1. The van der Waals surface area contributed by atoms with Crippen LogP contribution in [-0.4, -0.2) is 10.9 Å². The van der Waals surface area contributed by atoms with Crippen molar-refractivity contribution in [2.24, 2.45) is 0 Å². The van der Waals surface area contributed by atoms with Crippen LogP contribution in [0.15, 0.2) is 66.9 Å². The van der Waals surface area contributed by atoms with E-state index in [0.717, 1.165) is 12.1 Å². The van der Waals surface area contributed by atoms with E-state index < -0.39 is 23.1 Å². The molecule has 0 fully saturated rings. The molecule has 0 aliphatic carbocycles. The van der Waals surface area contributed by atoms with E-state index in [1.54, 1.807) is 12.1 Å². The molecule has 0 atom stereocenters. The third-order valence-electron chi connectivity index (χ3n) is 3.15. The number of halogens is 2. The number of carbonyl (C=O) groups is 1. The number of hydrogen-bond acceptors (Lipinski definition) is 3. The molecule has 0 spiro atoms. The molecule has 0 saturated heterocycles. The summed E-state index contributed by atoms with van der Waals surface area (Å²) in [4.78, 5) is 16.1. The van der Waals surface area contributed by atoms with Crippen molar-refractivity contribution in [3.8, 4) is 11.6 Å². The lowest BCUT2D eigenvalue weighted by Crippen LogP contribution is -2.15. The van der Waals surface area contributed by atoms with E-state index in [1.165, 1.54) is 24.4 Å². The first-order valence-electron chi connectivity index (χ1n) is 7.08. The highest BCUT2D eigenvalue weighted by Gasteiger charge is 2.17. The van der Waals surface area contributed by atoms with Crippen LogP contribution in [0.3, 0.4) is 0 Å². The molecule has 1 aromatic heterocycles. The molecular weight excluding hydrogens is 314 g/mol. The van der Waals surface area contributed by atoms with Crippen LogP contribution in [0.25, 0.3) is 0 Å². The van der Waals surface area contributed by atoms with E-state index in [4.69, 9.17) is 4.74 Å². The number of amides is 1. The minimum Gasteiger partial charge on any atom is -0.439 e. The van der Waals surface area contributed by atoms with Crippen LogP contribution in [0.2, 0.25) is 0 Å². The fourth-order valence-electron chi connectivity index (χ4n) is 2.06. The summed E-state index contributed by atoms with van der Waals surface area (Å²) in [5.41, 5.74) is -0.330. The number of aromatic nitrogens is 1. The monoisotopic (exact) mass is 326 g/mol. The SMILES string of the molecule is O=C(Nc1ccnc(Oc2ccccc2)c1)c1c(F)cccc1F. The quantitative estimate of drug-likeness (QED) is 0.773. The van der Waals surface area contributed by atoms with Crippen LogP contribution in [-0.2, 0) is 0 Å². The predicted octanol–water partition coefficient (Wildman–Crippen LogP) is 4.40. The van der Waals surface area contributed by atoms with Gasteiger partial charge in [0.1, 0.15) is 22.9 Å². The van der Waals surface area contributed by atoms with Crippen LogP contribution < -0.4 is 10.1 Å². The molecular formula is C18H12F2N2O2. The zero-order valence-electron chi connectivity index (χ0n) is 12.4. The zero-order chi connectivity index (χ0) is 16.9. The predicted molar refractivity (Wildman–Crippen MR) is 85.1 cm³/mol. The topological polar surface area (TPSA) is 51.2 Å². The molecule has 24 heavy (non-hydrogen) atoms. The van der Waals surface area contributed by atoms with E-state index in [9.17, 15) is 13.6 Å². The first kappa shape index (κ1) is 15.6. The molecule has 2 aromatic carbocycles. The van der Waals surface area contributed by atoms with Gasteiger partial charge in [-0.05, 0) is 30.3 Å². The lowest BCUT2D eigenvalue weighted by Gasteiger charge is -2.09. The number of pyridine rings is 1. The van der Waals surface area contributed by atoms with Gasteiger partial charge in [0.05, 0.1) is 0 Å². The Hall–Kier alpha value is -3.28. The Morgan fingerprint density at radius 1 is 0.958 bits per heavy atom. The van der Waals surface area contributed by atoms with Gasteiger partial charge in [0.15, 0.2) is 0 Å². The van der Waals surface area contributed by atoms with Crippen molar-refractivity contribution in [2.45, 2.75) is 0 Å². The second-order valence-corrected chi connectivity index (χ2v) is 4.85. The van der Waals surface area contributed by atoms with Crippen molar-refractivity contribution >= 4 is 11.6 Å². The number of para-hydroxylation sites is 1. The smallest absolute Gasteiger partial charge is 0.261 e. The van der Waals surface area contributed by atoms with Gasteiger partial charge >= 0.3 is 0 Å². The molecule has 3 aromatic rings.